The molecule has 8 nitrogen and oxygen atoms in total. The average Bonchev–Trinajstić information content (AvgIpc) is 3.65. The summed E-state index contributed by atoms with van der Waals surface area (Å²) in [4.78, 5) is 50.7. The summed E-state index contributed by atoms with van der Waals surface area (Å²) in [6, 6.07) is 26.4. The Hall–Kier alpha value is -5.03. The standard InChI is InChI=1S/C31H23N5O3/c32-17-21-13-14-24(23-12-7-15-33-27(21)23)36-30(38)28-25-16-22(35(28)31(36)39)18-34(25)29(37)26(19-8-3-1-4-9-19)20-10-5-2-6-11-20/h1-15,22,25-26,28H,16,18H2. The van der Waals surface area contributed by atoms with Gasteiger partial charge in [0.2, 0.25) is 5.91 Å². The second-order valence-corrected chi connectivity index (χ2v) is 10.2. The number of urea groups is 1. The molecule has 0 spiro atoms. The van der Waals surface area contributed by atoms with Gasteiger partial charge in [-0.3, -0.25) is 14.6 Å². The Morgan fingerprint density at radius 3 is 2.28 bits per heavy atom. The molecule has 190 valence electrons. The number of hydrogen-bond donors (Lipinski definition) is 0. The molecule has 39 heavy (non-hydrogen) atoms. The van der Waals surface area contributed by atoms with Crippen LogP contribution in [0.4, 0.5) is 10.5 Å². The van der Waals surface area contributed by atoms with Gasteiger partial charge < -0.3 is 9.80 Å². The Labute approximate surface area is 224 Å². The minimum atomic E-state index is -0.741. The Balaban J connectivity index is 1.24. The number of pyridine rings is 1. The number of rotatable bonds is 4. The summed E-state index contributed by atoms with van der Waals surface area (Å²) in [6.45, 7) is 0.388. The summed E-state index contributed by atoms with van der Waals surface area (Å²) in [6.07, 6.45) is 2.16. The third kappa shape index (κ3) is 3.36. The number of carbonyl (C=O) groups is 3. The first-order valence-electron chi connectivity index (χ1n) is 12.9. The molecule has 3 aliphatic heterocycles. The highest BCUT2D eigenvalue weighted by atomic mass is 16.2. The molecule has 8 heteroatoms. The minimum absolute atomic E-state index is 0.0636. The van der Waals surface area contributed by atoms with Crippen LogP contribution in [0.25, 0.3) is 10.9 Å². The van der Waals surface area contributed by atoms with Crippen LogP contribution in [0, 0.1) is 11.3 Å². The number of fused-ring (bicyclic) bond motifs is 6. The maximum atomic E-state index is 14.2. The van der Waals surface area contributed by atoms with Gasteiger partial charge in [-0.15, -0.1) is 0 Å². The number of hydrogen-bond acceptors (Lipinski definition) is 5. The Morgan fingerprint density at radius 2 is 1.62 bits per heavy atom. The van der Waals surface area contributed by atoms with E-state index in [0.29, 0.717) is 35.1 Å². The van der Waals surface area contributed by atoms with Gasteiger partial charge in [-0.25, -0.2) is 9.69 Å². The third-order valence-corrected chi connectivity index (χ3v) is 8.17. The van der Waals surface area contributed by atoms with Crippen molar-refractivity contribution in [2.75, 3.05) is 11.4 Å². The largest absolute Gasteiger partial charge is 0.334 e. The molecule has 3 atom stereocenters. The lowest BCUT2D eigenvalue weighted by Gasteiger charge is -2.37. The maximum Gasteiger partial charge on any atom is 0.332 e. The number of aromatic nitrogens is 1. The van der Waals surface area contributed by atoms with E-state index < -0.39 is 18.0 Å². The predicted octanol–water partition coefficient (Wildman–Crippen LogP) is 4.06. The van der Waals surface area contributed by atoms with Gasteiger partial charge in [-0.1, -0.05) is 60.7 Å². The smallest absolute Gasteiger partial charge is 0.332 e. The summed E-state index contributed by atoms with van der Waals surface area (Å²) in [5.74, 6) is -0.917. The zero-order chi connectivity index (χ0) is 26.7. The molecule has 4 aromatic rings. The van der Waals surface area contributed by atoms with Crippen LogP contribution in [-0.4, -0.2) is 57.3 Å². The summed E-state index contributed by atoms with van der Waals surface area (Å²) < 4.78 is 0. The number of amides is 4. The van der Waals surface area contributed by atoms with Gasteiger partial charge in [0.05, 0.1) is 34.8 Å². The van der Waals surface area contributed by atoms with Crippen molar-refractivity contribution in [3.05, 3.63) is 108 Å². The van der Waals surface area contributed by atoms with E-state index in [2.05, 4.69) is 11.1 Å². The molecule has 3 aliphatic rings. The number of nitrogens with zero attached hydrogens (tertiary/aromatic N) is 5. The SMILES string of the molecule is N#Cc1ccc(N2C(=O)C3C4CC(CN4C(=O)C(c4ccccc4)c4ccccc4)N3C2=O)c2cccnc12. The number of benzene rings is 3. The maximum absolute atomic E-state index is 14.2. The lowest BCUT2D eigenvalue weighted by molar-refractivity contribution is -0.136. The van der Waals surface area contributed by atoms with Gasteiger partial charge in [0.1, 0.15) is 12.1 Å². The highest BCUT2D eigenvalue weighted by Gasteiger charge is 2.63. The Bertz CT molecular complexity index is 1640. The fourth-order valence-corrected chi connectivity index (χ4v) is 6.51. The lowest BCUT2D eigenvalue weighted by atomic mass is 9.89. The molecule has 3 aromatic carbocycles. The molecule has 0 N–H and O–H groups in total. The van der Waals surface area contributed by atoms with E-state index in [9.17, 15) is 19.6 Å². The van der Waals surface area contributed by atoms with E-state index in [0.717, 1.165) is 11.1 Å². The molecule has 1 aromatic heterocycles. The van der Waals surface area contributed by atoms with Crippen LogP contribution in [0.2, 0.25) is 0 Å². The van der Waals surface area contributed by atoms with Crippen LogP contribution in [0.1, 0.15) is 29.0 Å². The number of nitriles is 1. The van der Waals surface area contributed by atoms with Crippen LogP contribution in [0.3, 0.4) is 0 Å². The zero-order valence-electron chi connectivity index (χ0n) is 20.8. The summed E-state index contributed by atoms with van der Waals surface area (Å²) in [5, 5.41) is 10.1. The van der Waals surface area contributed by atoms with Crippen molar-refractivity contribution in [3.8, 4) is 6.07 Å². The van der Waals surface area contributed by atoms with Crippen molar-refractivity contribution in [3.63, 3.8) is 0 Å². The van der Waals surface area contributed by atoms with Gasteiger partial charge in [0.25, 0.3) is 5.91 Å². The molecule has 0 radical (unpaired) electrons. The van der Waals surface area contributed by atoms with Crippen molar-refractivity contribution < 1.29 is 14.4 Å². The third-order valence-electron chi connectivity index (χ3n) is 8.17. The molecule has 3 fully saturated rings. The fourth-order valence-electron chi connectivity index (χ4n) is 6.51. The van der Waals surface area contributed by atoms with Crippen LogP contribution < -0.4 is 4.90 Å². The number of imide groups is 1. The van der Waals surface area contributed by atoms with Gasteiger partial charge in [-0.05, 0) is 41.8 Å². The number of piperazine rings is 1. The second-order valence-electron chi connectivity index (χ2n) is 10.2. The Kier molecular flexibility index (Phi) is 5.20. The number of carbonyl (C=O) groups excluding carboxylic acids is 3. The molecule has 0 aliphatic carbocycles. The first-order chi connectivity index (χ1) is 19.1. The first kappa shape index (κ1) is 23.1. The van der Waals surface area contributed by atoms with Crippen molar-refractivity contribution in [1.82, 2.24) is 14.8 Å². The van der Waals surface area contributed by atoms with E-state index in [1.54, 1.807) is 35.4 Å². The number of likely N-dealkylation sites (tertiary alicyclic amines) is 1. The van der Waals surface area contributed by atoms with E-state index in [1.807, 2.05) is 65.6 Å². The molecule has 4 amide bonds. The van der Waals surface area contributed by atoms with Gasteiger partial charge in [-0.2, -0.15) is 5.26 Å². The van der Waals surface area contributed by atoms with Crippen LogP contribution in [0.15, 0.2) is 91.1 Å². The molecule has 7 rings (SSSR count). The second kappa shape index (κ2) is 8.77. The van der Waals surface area contributed by atoms with Crippen molar-refractivity contribution in [2.24, 2.45) is 0 Å². The molecule has 0 saturated carbocycles. The van der Waals surface area contributed by atoms with Crippen LogP contribution in [0.5, 0.6) is 0 Å². The molecule has 2 bridgehead atoms. The zero-order valence-corrected chi connectivity index (χ0v) is 20.8. The first-order valence-corrected chi connectivity index (χ1v) is 12.9. The monoisotopic (exact) mass is 513 g/mol. The average molecular weight is 514 g/mol. The molecule has 3 saturated heterocycles. The van der Waals surface area contributed by atoms with E-state index in [-0.39, 0.29) is 23.9 Å². The fraction of sp³-hybridized carbons (Fsp3) is 0.194. The van der Waals surface area contributed by atoms with Crippen molar-refractivity contribution in [2.45, 2.75) is 30.5 Å². The van der Waals surface area contributed by atoms with E-state index >= 15 is 0 Å². The van der Waals surface area contributed by atoms with Crippen LogP contribution >= 0.6 is 0 Å². The summed E-state index contributed by atoms with van der Waals surface area (Å²) in [7, 11) is 0. The predicted molar refractivity (Wildman–Crippen MR) is 144 cm³/mol. The highest BCUT2D eigenvalue weighted by Crippen LogP contribution is 2.45. The molecule has 4 heterocycles. The summed E-state index contributed by atoms with van der Waals surface area (Å²) >= 11 is 0. The summed E-state index contributed by atoms with van der Waals surface area (Å²) in [5.41, 5.74) is 3.00. The van der Waals surface area contributed by atoms with Crippen molar-refractivity contribution >= 4 is 34.4 Å². The number of anilines is 1. The quantitative estimate of drug-likeness (QED) is 0.384. The van der Waals surface area contributed by atoms with E-state index in [1.165, 1.54) is 4.90 Å². The normalized spacial score (nSPS) is 21.6. The van der Waals surface area contributed by atoms with Crippen LogP contribution in [-0.2, 0) is 9.59 Å². The molecular weight excluding hydrogens is 490 g/mol. The molecule has 3 unspecified atom stereocenters. The van der Waals surface area contributed by atoms with Gasteiger partial charge >= 0.3 is 6.03 Å². The lowest BCUT2D eigenvalue weighted by Crippen LogP contribution is -2.55. The van der Waals surface area contributed by atoms with Gasteiger partial charge in [0, 0.05) is 18.1 Å². The minimum Gasteiger partial charge on any atom is -0.334 e. The van der Waals surface area contributed by atoms with Crippen molar-refractivity contribution in [1.29, 1.82) is 5.26 Å². The Morgan fingerprint density at radius 1 is 0.923 bits per heavy atom. The molecular formula is C31H23N5O3. The topological polar surface area (TPSA) is 97.6 Å². The highest BCUT2D eigenvalue weighted by molar-refractivity contribution is 6.25. The van der Waals surface area contributed by atoms with Gasteiger partial charge in [0.15, 0.2) is 0 Å². The van der Waals surface area contributed by atoms with E-state index in [4.69, 9.17) is 0 Å².